The van der Waals surface area contributed by atoms with Crippen LogP contribution in [-0.2, 0) is 14.3 Å². The molecule has 0 N–H and O–H groups in total. The highest BCUT2D eigenvalue weighted by Crippen LogP contribution is 2.28. The standard InChI is InChI=1S/C28H42ClN3O4/c1-4-5-6-7-8-9-10-11-12-13-14-15-25(33)35-20-28(2,3)26(34)27(32-22-30-21-31-32)36-24-18-16-23(29)17-19-24/h16-19,21-22,27H,4-15,20H2,1-3H3. The number of Topliss-reactive ketones (excluding diaryl/α,β-unsaturated/α-hetero) is 1. The fourth-order valence-electron chi connectivity index (χ4n) is 3.88. The van der Waals surface area contributed by atoms with Crippen molar-refractivity contribution in [3.05, 3.63) is 41.9 Å². The third kappa shape index (κ3) is 11.1. The predicted molar refractivity (Wildman–Crippen MR) is 142 cm³/mol. The van der Waals surface area contributed by atoms with Crippen molar-refractivity contribution in [1.82, 2.24) is 14.8 Å². The van der Waals surface area contributed by atoms with Crippen molar-refractivity contribution in [1.29, 1.82) is 0 Å². The molecule has 7 nitrogen and oxygen atoms in total. The van der Waals surface area contributed by atoms with Crippen molar-refractivity contribution in [3.63, 3.8) is 0 Å². The Morgan fingerprint density at radius 1 is 0.944 bits per heavy atom. The van der Waals surface area contributed by atoms with Crippen LogP contribution in [0, 0.1) is 5.41 Å². The van der Waals surface area contributed by atoms with Gasteiger partial charge in [0.2, 0.25) is 5.78 Å². The number of rotatable bonds is 19. The summed E-state index contributed by atoms with van der Waals surface area (Å²) in [6.45, 7) is 5.68. The second kappa shape index (κ2) is 16.4. The van der Waals surface area contributed by atoms with Crippen LogP contribution in [0.2, 0.25) is 5.02 Å². The second-order valence-electron chi connectivity index (χ2n) is 9.99. The lowest BCUT2D eigenvalue weighted by Crippen LogP contribution is -2.39. The molecule has 0 radical (unpaired) electrons. The van der Waals surface area contributed by atoms with E-state index >= 15 is 0 Å². The number of hydrogen-bond acceptors (Lipinski definition) is 6. The highest BCUT2D eigenvalue weighted by molar-refractivity contribution is 6.30. The van der Waals surface area contributed by atoms with Crippen LogP contribution < -0.4 is 4.74 Å². The first kappa shape index (κ1) is 29.8. The minimum atomic E-state index is -1.05. The van der Waals surface area contributed by atoms with Crippen molar-refractivity contribution in [2.75, 3.05) is 6.61 Å². The van der Waals surface area contributed by atoms with Crippen LogP contribution in [0.15, 0.2) is 36.9 Å². The van der Waals surface area contributed by atoms with Crippen LogP contribution in [0.1, 0.15) is 104 Å². The summed E-state index contributed by atoms with van der Waals surface area (Å²) in [5.41, 5.74) is -0.976. The van der Waals surface area contributed by atoms with Crippen molar-refractivity contribution in [3.8, 4) is 5.75 Å². The molecule has 0 aliphatic heterocycles. The number of nitrogens with zero attached hydrogens (tertiary/aromatic N) is 3. The van der Waals surface area contributed by atoms with Gasteiger partial charge < -0.3 is 9.47 Å². The Hall–Kier alpha value is -2.41. The molecule has 1 aromatic carbocycles. The zero-order valence-corrected chi connectivity index (χ0v) is 22.8. The fraction of sp³-hybridized carbons (Fsp3) is 0.643. The quantitative estimate of drug-likeness (QED) is 0.142. The number of hydrogen-bond donors (Lipinski definition) is 0. The van der Waals surface area contributed by atoms with Gasteiger partial charge in [-0.25, -0.2) is 9.67 Å². The maximum absolute atomic E-state index is 13.4. The van der Waals surface area contributed by atoms with E-state index in [1.54, 1.807) is 38.1 Å². The van der Waals surface area contributed by atoms with Crippen LogP contribution in [0.25, 0.3) is 0 Å². The van der Waals surface area contributed by atoms with E-state index in [1.165, 1.54) is 68.7 Å². The van der Waals surface area contributed by atoms with E-state index in [4.69, 9.17) is 21.1 Å². The van der Waals surface area contributed by atoms with E-state index in [1.807, 2.05) is 0 Å². The third-order valence-electron chi connectivity index (χ3n) is 6.21. The highest BCUT2D eigenvalue weighted by atomic mass is 35.5. The van der Waals surface area contributed by atoms with Gasteiger partial charge in [0.15, 0.2) is 0 Å². The first-order chi connectivity index (χ1) is 17.3. The molecule has 0 saturated heterocycles. The molecule has 0 amide bonds. The molecular formula is C28H42ClN3O4. The van der Waals surface area contributed by atoms with E-state index in [-0.39, 0.29) is 18.4 Å². The number of benzene rings is 1. The molecule has 1 atom stereocenters. The molecule has 1 heterocycles. The van der Waals surface area contributed by atoms with Crippen LogP contribution in [0.3, 0.4) is 0 Å². The lowest BCUT2D eigenvalue weighted by atomic mass is 9.88. The van der Waals surface area contributed by atoms with Crippen LogP contribution >= 0.6 is 11.6 Å². The average molecular weight is 520 g/mol. The summed E-state index contributed by atoms with van der Waals surface area (Å²) >= 11 is 5.95. The van der Waals surface area contributed by atoms with E-state index in [2.05, 4.69) is 17.0 Å². The number of esters is 1. The Morgan fingerprint density at radius 3 is 2.08 bits per heavy atom. The Morgan fingerprint density at radius 2 is 1.53 bits per heavy atom. The second-order valence-corrected chi connectivity index (χ2v) is 10.4. The fourth-order valence-corrected chi connectivity index (χ4v) is 4.01. The molecule has 8 heteroatoms. The van der Waals surface area contributed by atoms with E-state index in [9.17, 15) is 9.59 Å². The molecule has 0 spiro atoms. The van der Waals surface area contributed by atoms with Crippen molar-refractivity contribution >= 4 is 23.4 Å². The monoisotopic (exact) mass is 519 g/mol. The molecule has 0 bridgehead atoms. The first-order valence-corrected chi connectivity index (χ1v) is 13.7. The SMILES string of the molecule is CCCCCCCCCCCCCC(=O)OCC(C)(C)C(=O)C(Oc1ccc(Cl)cc1)n1cncn1. The van der Waals surface area contributed by atoms with Crippen molar-refractivity contribution < 1.29 is 19.1 Å². The molecule has 0 aliphatic carbocycles. The molecule has 1 unspecified atom stereocenters. The van der Waals surface area contributed by atoms with Crippen LogP contribution in [-0.4, -0.2) is 33.1 Å². The summed E-state index contributed by atoms with van der Waals surface area (Å²) in [5, 5.41) is 4.64. The Bertz CT molecular complexity index is 885. The summed E-state index contributed by atoms with van der Waals surface area (Å²) in [6, 6.07) is 6.73. The van der Waals surface area contributed by atoms with Crippen LogP contribution in [0.4, 0.5) is 0 Å². The minimum Gasteiger partial charge on any atom is -0.465 e. The number of ether oxygens (including phenoxy) is 2. The lowest BCUT2D eigenvalue weighted by molar-refractivity contribution is -0.152. The topological polar surface area (TPSA) is 83.3 Å². The number of carbonyl (C=O) groups is 2. The number of halogens is 1. The predicted octanol–water partition coefficient (Wildman–Crippen LogP) is 7.35. The molecule has 1 aromatic heterocycles. The Balaban J connectivity index is 1.72. The Labute approximate surface area is 220 Å². The zero-order valence-electron chi connectivity index (χ0n) is 22.1. The number of carbonyl (C=O) groups excluding carboxylic acids is 2. The van der Waals surface area contributed by atoms with Gasteiger partial charge in [0.1, 0.15) is 25.0 Å². The van der Waals surface area contributed by atoms with Gasteiger partial charge in [0.05, 0.1) is 5.41 Å². The largest absolute Gasteiger partial charge is 0.465 e. The summed E-state index contributed by atoms with van der Waals surface area (Å²) in [6.07, 6.45) is 15.6. The molecule has 2 rings (SSSR count). The van der Waals surface area contributed by atoms with E-state index in [0.717, 1.165) is 19.3 Å². The molecule has 200 valence electrons. The molecule has 0 aliphatic rings. The third-order valence-corrected chi connectivity index (χ3v) is 6.46. The summed E-state index contributed by atoms with van der Waals surface area (Å²) in [4.78, 5) is 29.6. The molecular weight excluding hydrogens is 478 g/mol. The van der Waals surface area contributed by atoms with Gasteiger partial charge in [-0.15, -0.1) is 0 Å². The number of ketones is 1. The lowest BCUT2D eigenvalue weighted by Gasteiger charge is -2.28. The molecule has 36 heavy (non-hydrogen) atoms. The van der Waals surface area contributed by atoms with Gasteiger partial charge in [-0.2, -0.15) is 5.10 Å². The number of aromatic nitrogens is 3. The zero-order chi connectivity index (χ0) is 26.2. The van der Waals surface area contributed by atoms with E-state index in [0.29, 0.717) is 17.2 Å². The van der Waals surface area contributed by atoms with Gasteiger partial charge in [-0.3, -0.25) is 9.59 Å². The minimum absolute atomic E-state index is 0.0299. The molecule has 0 fully saturated rings. The van der Waals surface area contributed by atoms with Crippen molar-refractivity contribution in [2.24, 2.45) is 5.41 Å². The summed E-state index contributed by atoms with van der Waals surface area (Å²) in [7, 11) is 0. The molecule has 2 aromatic rings. The summed E-state index contributed by atoms with van der Waals surface area (Å²) in [5.74, 6) is -0.0780. The van der Waals surface area contributed by atoms with Crippen molar-refractivity contribution in [2.45, 2.75) is 104 Å². The van der Waals surface area contributed by atoms with Crippen LogP contribution in [0.5, 0.6) is 5.75 Å². The number of unbranched alkanes of at least 4 members (excludes halogenated alkanes) is 10. The van der Waals surface area contributed by atoms with Gasteiger partial charge in [0.25, 0.3) is 6.23 Å². The van der Waals surface area contributed by atoms with Gasteiger partial charge in [0, 0.05) is 11.4 Å². The normalized spacial score (nSPS) is 12.3. The van der Waals surface area contributed by atoms with E-state index < -0.39 is 11.6 Å². The van der Waals surface area contributed by atoms with Gasteiger partial charge in [-0.1, -0.05) is 82.7 Å². The van der Waals surface area contributed by atoms with Gasteiger partial charge >= 0.3 is 5.97 Å². The molecule has 0 saturated carbocycles. The highest BCUT2D eigenvalue weighted by Gasteiger charge is 2.38. The summed E-state index contributed by atoms with van der Waals surface area (Å²) < 4.78 is 12.8. The Kier molecular flexibility index (Phi) is 13.5. The maximum Gasteiger partial charge on any atom is 0.305 e. The first-order valence-electron chi connectivity index (χ1n) is 13.3. The average Bonchev–Trinajstić information content (AvgIpc) is 3.40. The van der Waals surface area contributed by atoms with Gasteiger partial charge in [-0.05, 0) is 44.5 Å². The maximum atomic E-state index is 13.4. The smallest absolute Gasteiger partial charge is 0.305 e.